The maximum absolute atomic E-state index is 12.3. The van der Waals surface area contributed by atoms with Gasteiger partial charge in [-0.1, -0.05) is 45.0 Å². The molecule has 1 amide bonds. The highest BCUT2D eigenvalue weighted by molar-refractivity contribution is 5.85. The summed E-state index contributed by atoms with van der Waals surface area (Å²) in [6.07, 6.45) is 3.04. The second kappa shape index (κ2) is 9.43. The number of amides is 1. The van der Waals surface area contributed by atoms with Crippen LogP contribution in [0.1, 0.15) is 51.2 Å². The molecule has 1 aromatic rings. The van der Waals surface area contributed by atoms with E-state index in [0.29, 0.717) is 24.8 Å². The average molecular weight is 353 g/mol. The molecular weight excluding hydrogens is 320 g/mol. The van der Waals surface area contributed by atoms with Gasteiger partial charge in [-0.15, -0.1) is 12.4 Å². The minimum Gasteiger partial charge on any atom is -0.355 e. The van der Waals surface area contributed by atoms with Gasteiger partial charge in [0.2, 0.25) is 5.91 Å². The van der Waals surface area contributed by atoms with Crippen molar-refractivity contribution in [2.75, 3.05) is 19.6 Å². The summed E-state index contributed by atoms with van der Waals surface area (Å²) in [5, 5.41) is 6.55. The summed E-state index contributed by atoms with van der Waals surface area (Å²) in [7, 11) is 0. The van der Waals surface area contributed by atoms with Gasteiger partial charge in [-0.3, -0.25) is 4.79 Å². The van der Waals surface area contributed by atoms with E-state index in [-0.39, 0.29) is 23.7 Å². The van der Waals surface area contributed by atoms with Gasteiger partial charge in [0.1, 0.15) is 0 Å². The number of carbonyl (C=O) groups is 1. The van der Waals surface area contributed by atoms with E-state index in [1.165, 1.54) is 24.0 Å². The summed E-state index contributed by atoms with van der Waals surface area (Å²) >= 11 is 0. The Morgan fingerprint density at radius 3 is 2.54 bits per heavy atom. The van der Waals surface area contributed by atoms with E-state index in [9.17, 15) is 4.79 Å². The van der Waals surface area contributed by atoms with E-state index in [1.54, 1.807) is 0 Å². The minimum absolute atomic E-state index is 0. The van der Waals surface area contributed by atoms with Crippen LogP contribution in [0.5, 0.6) is 0 Å². The Labute approximate surface area is 153 Å². The number of rotatable bonds is 6. The molecule has 136 valence electrons. The van der Waals surface area contributed by atoms with Crippen LogP contribution < -0.4 is 10.6 Å². The molecule has 1 aliphatic heterocycles. The molecule has 1 saturated heterocycles. The quantitative estimate of drug-likeness (QED) is 0.816. The molecule has 0 aliphatic carbocycles. The molecular formula is C20H33ClN2O. The predicted molar refractivity (Wildman–Crippen MR) is 104 cm³/mol. The lowest BCUT2D eigenvalue weighted by Crippen LogP contribution is -2.38. The lowest BCUT2D eigenvalue weighted by atomic mass is 9.81. The number of aryl methyl sites for hydroxylation is 1. The van der Waals surface area contributed by atoms with Gasteiger partial charge < -0.3 is 10.6 Å². The molecule has 0 spiro atoms. The maximum Gasteiger partial charge on any atom is 0.220 e. The van der Waals surface area contributed by atoms with Crippen LogP contribution in [-0.4, -0.2) is 25.5 Å². The number of hydrogen-bond acceptors (Lipinski definition) is 2. The molecule has 2 N–H and O–H groups in total. The van der Waals surface area contributed by atoms with Gasteiger partial charge in [-0.05, 0) is 55.8 Å². The van der Waals surface area contributed by atoms with Crippen molar-refractivity contribution in [2.45, 2.75) is 52.4 Å². The molecule has 1 heterocycles. The van der Waals surface area contributed by atoms with Crippen molar-refractivity contribution < 1.29 is 4.79 Å². The molecule has 0 saturated carbocycles. The monoisotopic (exact) mass is 352 g/mol. The Balaban J connectivity index is 0.00000288. The Morgan fingerprint density at radius 1 is 1.29 bits per heavy atom. The molecule has 2 rings (SSSR count). The summed E-state index contributed by atoms with van der Waals surface area (Å²) in [4.78, 5) is 12.3. The van der Waals surface area contributed by atoms with Crippen LogP contribution in [0.2, 0.25) is 0 Å². The largest absolute Gasteiger partial charge is 0.355 e. The van der Waals surface area contributed by atoms with Gasteiger partial charge in [0, 0.05) is 18.4 Å². The molecule has 1 fully saturated rings. The number of piperidine rings is 1. The third kappa shape index (κ3) is 5.78. The lowest BCUT2D eigenvalue weighted by Gasteiger charge is -2.30. The van der Waals surface area contributed by atoms with Crippen molar-refractivity contribution in [2.24, 2.45) is 11.8 Å². The van der Waals surface area contributed by atoms with E-state index in [1.807, 2.05) is 0 Å². The molecule has 1 atom stereocenters. The van der Waals surface area contributed by atoms with Crippen molar-refractivity contribution in [3.8, 4) is 0 Å². The molecule has 3 nitrogen and oxygen atoms in total. The highest BCUT2D eigenvalue weighted by Crippen LogP contribution is 2.26. The number of halogens is 1. The fourth-order valence-corrected chi connectivity index (χ4v) is 3.69. The third-order valence-electron chi connectivity index (χ3n) is 5.30. The first-order valence-corrected chi connectivity index (χ1v) is 8.93. The fraction of sp³-hybridized carbons (Fsp3) is 0.650. The Hall–Kier alpha value is -1.06. The van der Waals surface area contributed by atoms with Crippen LogP contribution in [0.25, 0.3) is 0 Å². The van der Waals surface area contributed by atoms with Gasteiger partial charge in [0.15, 0.2) is 0 Å². The molecule has 0 aromatic heterocycles. The van der Waals surface area contributed by atoms with Crippen molar-refractivity contribution in [3.63, 3.8) is 0 Å². The van der Waals surface area contributed by atoms with Crippen LogP contribution in [0.3, 0.4) is 0 Å². The average Bonchev–Trinajstić information content (AvgIpc) is 2.54. The SMILES string of the molecule is Cc1ccccc1C(C)(C)CNC(=O)CC(C)C1CCNCC1.Cl. The van der Waals surface area contributed by atoms with Gasteiger partial charge >= 0.3 is 0 Å². The van der Waals surface area contributed by atoms with Crippen LogP contribution >= 0.6 is 12.4 Å². The highest BCUT2D eigenvalue weighted by Gasteiger charge is 2.25. The zero-order valence-corrected chi connectivity index (χ0v) is 16.3. The summed E-state index contributed by atoms with van der Waals surface area (Å²) in [5.41, 5.74) is 2.56. The van der Waals surface area contributed by atoms with Gasteiger partial charge in [0.25, 0.3) is 0 Å². The van der Waals surface area contributed by atoms with Crippen molar-refractivity contribution in [3.05, 3.63) is 35.4 Å². The van der Waals surface area contributed by atoms with Crippen LogP contribution in [0.4, 0.5) is 0 Å². The number of benzene rings is 1. The molecule has 1 aliphatic rings. The maximum atomic E-state index is 12.3. The van der Waals surface area contributed by atoms with E-state index in [4.69, 9.17) is 0 Å². The van der Waals surface area contributed by atoms with Crippen molar-refractivity contribution >= 4 is 18.3 Å². The zero-order chi connectivity index (χ0) is 16.9. The van der Waals surface area contributed by atoms with E-state index >= 15 is 0 Å². The number of nitrogens with one attached hydrogen (secondary N) is 2. The standard InChI is InChI=1S/C20H32N2O.ClH/c1-15-7-5-6-8-18(15)20(3,4)14-22-19(23)13-16(2)17-9-11-21-12-10-17;/h5-8,16-17,21H,9-14H2,1-4H3,(H,22,23);1H. The molecule has 4 heteroatoms. The second-order valence-electron chi connectivity index (χ2n) is 7.74. The Kier molecular flexibility index (Phi) is 8.24. The fourth-order valence-electron chi connectivity index (χ4n) is 3.69. The third-order valence-corrected chi connectivity index (χ3v) is 5.30. The van der Waals surface area contributed by atoms with Gasteiger partial charge in [-0.25, -0.2) is 0 Å². The first-order chi connectivity index (χ1) is 10.9. The Bertz CT molecular complexity index is 524. The summed E-state index contributed by atoms with van der Waals surface area (Å²) in [6.45, 7) is 11.6. The van der Waals surface area contributed by atoms with Crippen molar-refractivity contribution in [1.29, 1.82) is 0 Å². The molecule has 0 radical (unpaired) electrons. The van der Waals surface area contributed by atoms with Crippen LogP contribution in [0.15, 0.2) is 24.3 Å². The topological polar surface area (TPSA) is 41.1 Å². The van der Waals surface area contributed by atoms with E-state index in [2.05, 4.69) is 62.6 Å². The Morgan fingerprint density at radius 2 is 1.92 bits per heavy atom. The van der Waals surface area contributed by atoms with Crippen molar-refractivity contribution in [1.82, 2.24) is 10.6 Å². The molecule has 0 bridgehead atoms. The zero-order valence-electron chi connectivity index (χ0n) is 15.5. The van der Waals surface area contributed by atoms with E-state index < -0.39 is 0 Å². The molecule has 1 unspecified atom stereocenters. The van der Waals surface area contributed by atoms with Crippen LogP contribution in [0, 0.1) is 18.8 Å². The first kappa shape index (κ1) is 21.0. The minimum atomic E-state index is -0.0427. The smallest absolute Gasteiger partial charge is 0.220 e. The lowest BCUT2D eigenvalue weighted by molar-refractivity contribution is -0.122. The van der Waals surface area contributed by atoms with E-state index in [0.717, 1.165) is 13.1 Å². The van der Waals surface area contributed by atoms with Crippen LogP contribution in [-0.2, 0) is 10.2 Å². The molecule has 1 aromatic carbocycles. The summed E-state index contributed by atoms with van der Waals surface area (Å²) < 4.78 is 0. The molecule has 24 heavy (non-hydrogen) atoms. The normalized spacial score (nSPS) is 17.0. The predicted octanol–water partition coefficient (Wildman–Crippen LogP) is 3.84. The summed E-state index contributed by atoms with van der Waals surface area (Å²) in [6, 6.07) is 8.44. The number of hydrogen-bond donors (Lipinski definition) is 2. The number of carbonyl (C=O) groups excluding carboxylic acids is 1. The highest BCUT2D eigenvalue weighted by atomic mass is 35.5. The van der Waals surface area contributed by atoms with Gasteiger partial charge in [-0.2, -0.15) is 0 Å². The van der Waals surface area contributed by atoms with Gasteiger partial charge in [0.05, 0.1) is 0 Å². The summed E-state index contributed by atoms with van der Waals surface area (Å²) in [5.74, 6) is 1.35. The first-order valence-electron chi connectivity index (χ1n) is 8.93. The second-order valence-corrected chi connectivity index (χ2v) is 7.74.